The number of fused-ring (bicyclic) bond motifs is 1. The lowest BCUT2D eigenvalue weighted by molar-refractivity contribution is 0.171. The highest BCUT2D eigenvalue weighted by molar-refractivity contribution is 5.55. The third-order valence-electron chi connectivity index (χ3n) is 3.97. The molecule has 1 aromatic rings. The normalized spacial score (nSPS) is 21.4. The molecular formula is C15H22N2O3. The zero-order chi connectivity index (χ0) is 13.9. The average Bonchev–Trinajstić information content (AvgIpc) is 3.06. The van der Waals surface area contributed by atoms with E-state index in [1.54, 1.807) is 7.11 Å². The van der Waals surface area contributed by atoms with Gasteiger partial charge in [-0.2, -0.15) is 0 Å². The van der Waals surface area contributed by atoms with Gasteiger partial charge < -0.3 is 24.4 Å². The summed E-state index contributed by atoms with van der Waals surface area (Å²) >= 11 is 0. The van der Waals surface area contributed by atoms with E-state index in [-0.39, 0.29) is 6.79 Å². The van der Waals surface area contributed by atoms with E-state index < -0.39 is 0 Å². The van der Waals surface area contributed by atoms with Gasteiger partial charge in [-0.25, -0.2) is 0 Å². The van der Waals surface area contributed by atoms with Crippen molar-refractivity contribution in [1.29, 1.82) is 0 Å². The Morgan fingerprint density at radius 2 is 2.30 bits per heavy atom. The fourth-order valence-corrected chi connectivity index (χ4v) is 2.90. The van der Waals surface area contributed by atoms with Gasteiger partial charge in [-0.1, -0.05) is 0 Å². The lowest BCUT2D eigenvalue weighted by Crippen LogP contribution is -2.24. The van der Waals surface area contributed by atoms with Gasteiger partial charge in [-0.05, 0) is 50.2 Å². The fraction of sp³-hybridized carbons (Fsp3) is 0.600. The van der Waals surface area contributed by atoms with Crippen LogP contribution in [0.25, 0.3) is 0 Å². The van der Waals surface area contributed by atoms with E-state index >= 15 is 0 Å². The van der Waals surface area contributed by atoms with Crippen molar-refractivity contribution in [2.24, 2.45) is 5.92 Å². The average molecular weight is 278 g/mol. The van der Waals surface area contributed by atoms with Crippen LogP contribution in [0.2, 0.25) is 0 Å². The van der Waals surface area contributed by atoms with Gasteiger partial charge in [0.1, 0.15) is 0 Å². The molecule has 1 fully saturated rings. The van der Waals surface area contributed by atoms with Crippen molar-refractivity contribution in [1.82, 2.24) is 10.2 Å². The minimum absolute atomic E-state index is 0.275. The maximum Gasteiger partial charge on any atom is 0.231 e. The number of rotatable bonds is 5. The zero-order valence-electron chi connectivity index (χ0n) is 12.1. The first-order valence-electron chi connectivity index (χ1n) is 7.12. The van der Waals surface area contributed by atoms with Crippen LogP contribution in [0.1, 0.15) is 12.0 Å². The van der Waals surface area contributed by atoms with Gasteiger partial charge in [0, 0.05) is 13.1 Å². The van der Waals surface area contributed by atoms with Crippen molar-refractivity contribution in [3.63, 3.8) is 0 Å². The molecule has 1 aromatic carbocycles. The molecule has 0 saturated carbocycles. The van der Waals surface area contributed by atoms with Crippen molar-refractivity contribution < 1.29 is 14.2 Å². The highest BCUT2D eigenvalue weighted by Gasteiger charge is 2.21. The number of hydrogen-bond acceptors (Lipinski definition) is 5. The van der Waals surface area contributed by atoms with Crippen LogP contribution in [0, 0.1) is 5.92 Å². The summed E-state index contributed by atoms with van der Waals surface area (Å²) in [6, 6.07) is 4.04. The second kappa shape index (κ2) is 5.89. The van der Waals surface area contributed by atoms with E-state index in [4.69, 9.17) is 14.2 Å². The molecule has 0 radical (unpaired) electrons. The van der Waals surface area contributed by atoms with E-state index in [2.05, 4.69) is 17.3 Å². The van der Waals surface area contributed by atoms with Crippen LogP contribution in [0.15, 0.2) is 12.1 Å². The monoisotopic (exact) mass is 278 g/mol. The summed E-state index contributed by atoms with van der Waals surface area (Å²) in [6.07, 6.45) is 1.29. The molecule has 0 aliphatic carbocycles. The highest BCUT2D eigenvalue weighted by atomic mass is 16.7. The molecule has 1 N–H and O–H groups in total. The predicted octanol–water partition coefficient (Wildman–Crippen LogP) is 1.47. The van der Waals surface area contributed by atoms with Gasteiger partial charge in [0.15, 0.2) is 11.5 Å². The Labute approximate surface area is 119 Å². The first-order valence-corrected chi connectivity index (χ1v) is 7.12. The Kier molecular flexibility index (Phi) is 3.98. The fourth-order valence-electron chi connectivity index (χ4n) is 2.90. The van der Waals surface area contributed by atoms with Gasteiger partial charge in [-0.3, -0.25) is 0 Å². The van der Waals surface area contributed by atoms with Gasteiger partial charge in [0.05, 0.1) is 7.11 Å². The highest BCUT2D eigenvalue weighted by Crippen LogP contribution is 2.41. The van der Waals surface area contributed by atoms with Crippen molar-refractivity contribution >= 4 is 0 Å². The summed E-state index contributed by atoms with van der Waals surface area (Å²) in [6.45, 7) is 4.56. The smallest absolute Gasteiger partial charge is 0.231 e. The summed E-state index contributed by atoms with van der Waals surface area (Å²) in [5.74, 6) is 3.00. The van der Waals surface area contributed by atoms with Crippen molar-refractivity contribution in [3.05, 3.63) is 17.7 Å². The maximum atomic E-state index is 5.44. The molecule has 2 aliphatic rings. The Bertz CT molecular complexity index is 478. The van der Waals surface area contributed by atoms with Crippen LogP contribution in [0.3, 0.4) is 0 Å². The molecule has 5 heteroatoms. The van der Waals surface area contributed by atoms with E-state index in [1.807, 2.05) is 12.1 Å². The molecule has 0 amide bonds. The Hall–Kier alpha value is -1.46. The molecule has 1 unspecified atom stereocenters. The summed E-state index contributed by atoms with van der Waals surface area (Å²) in [5, 5.41) is 3.53. The minimum Gasteiger partial charge on any atom is -0.493 e. The molecule has 1 saturated heterocycles. The van der Waals surface area contributed by atoms with E-state index in [9.17, 15) is 0 Å². The van der Waals surface area contributed by atoms with Gasteiger partial charge in [0.25, 0.3) is 0 Å². The predicted molar refractivity (Wildman–Crippen MR) is 76.4 cm³/mol. The quantitative estimate of drug-likeness (QED) is 0.883. The number of ether oxygens (including phenoxy) is 3. The van der Waals surface area contributed by atoms with Gasteiger partial charge in [0.2, 0.25) is 12.5 Å². The third kappa shape index (κ3) is 2.83. The molecule has 1 atom stereocenters. The van der Waals surface area contributed by atoms with E-state index in [0.717, 1.165) is 36.1 Å². The first kappa shape index (κ1) is 13.5. The molecule has 5 nitrogen and oxygen atoms in total. The second-order valence-electron chi connectivity index (χ2n) is 5.58. The topological polar surface area (TPSA) is 43.0 Å². The van der Waals surface area contributed by atoms with Crippen molar-refractivity contribution in [3.8, 4) is 17.2 Å². The van der Waals surface area contributed by atoms with Crippen LogP contribution >= 0.6 is 0 Å². The van der Waals surface area contributed by atoms with E-state index in [0.29, 0.717) is 5.75 Å². The minimum atomic E-state index is 0.275. The van der Waals surface area contributed by atoms with Gasteiger partial charge >= 0.3 is 0 Å². The molecule has 20 heavy (non-hydrogen) atoms. The SMILES string of the molecule is COc1cc(CNCC2CCN(C)C2)cc2c1OCO2. The number of nitrogens with zero attached hydrogens (tertiary/aromatic N) is 1. The van der Waals surface area contributed by atoms with Crippen LogP contribution in [0.5, 0.6) is 17.2 Å². The van der Waals surface area contributed by atoms with Crippen molar-refractivity contribution in [2.45, 2.75) is 13.0 Å². The maximum absolute atomic E-state index is 5.44. The molecule has 3 rings (SSSR count). The summed E-state index contributed by atoms with van der Waals surface area (Å²) < 4.78 is 16.2. The lowest BCUT2D eigenvalue weighted by atomic mass is 10.1. The summed E-state index contributed by atoms with van der Waals surface area (Å²) in [4.78, 5) is 2.38. The number of benzene rings is 1. The number of likely N-dealkylation sites (tertiary alicyclic amines) is 1. The second-order valence-corrected chi connectivity index (χ2v) is 5.58. The Balaban J connectivity index is 1.57. The van der Waals surface area contributed by atoms with Crippen LogP contribution in [0.4, 0.5) is 0 Å². The number of methoxy groups -OCH3 is 1. The molecule has 2 heterocycles. The standard InChI is InChI=1S/C15H22N2O3/c1-17-4-3-11(9-17)7-16-8-12-5-13(18-2)15-14(6-12)19-10-20-15/h5-6,11,16H,3-4,7-10H2,1-2H3. The Morgan fingerprint density at radius 1 is 1.40 bits per heavy atom. The molecule has 110 valence electrons. The van der Waals surface area contributed by atoms with Gasteiger partial charge in [-0.15, -0.1) is 0 Å². The van der Waals surface area contributed by atoms with Crippen LogP contribution < -0.4 is 19.5 Å². The summed E-state index contributed by atoms with van der Waals surface area (Å²) in [5.41, 5.74) is 1.16. The third-order valence-corrected chi connectivity index (χ3v) is 3.97. The van der Waals surface area contributed by atoms with Crippen LogP contribution in [-0.2, 0) is 6.54 Å². The molecule has 2 aliphatic heterocycles. The lowest BCUT2D eigenvalue weighted by Gasteiger charge is -2.13. The summed E-state index contributed by atoms with van der Waals surface area (Å²) in [7, 11) is 3.84. The first-order chi connectivity index (χ1) is 9.76. The zero-order valence-corrected chi connectivity index (χ0v) is 12.1. The Morgan fingerprint density at radius 3 is 3.05 bits per heavy atom. The van der Waals surface area contributed by atoms with Crippen LogP contribution in [-0.4, -0.2) is 45.5 Å². The molecule has 0 spiro atoms. The number of hydrogen-bond donors (Lipinski definition) is 1. The number of nitrogens with one attached hydrogen (secondary N) is 1. The largest absolute Gasteiger partial charge is 0.493 e. The van der Waals surface area contributed by atoms with E-state index in [1.165, 1.54) is 19.5 Å². The van der Waals surface area contributed by atoms with Crippen molar-refractivity contribution in [2.75, 3.05) is 40.6 Å². The molecule has 0 bridgehead atoms. The molecule has 0 aromatic heterocycles. The molecular weight excluding hydrogens is 256 g/mol.